The fourth-order valence-electron chi connectivity index (χ4n) is 7.63. The Morgan fingerprint density at radius 1 is 0.317 bits per heavy atom. The minimum absolute atomic E-state index is 0.356. The van der Waals surface area contributed by atoms with E-state index in [1.165, 1.54) is 0 Å². The highest BCUT2D eigenvalue weighted by Crippen LogP contribution is 2.38. The van der Waals surface area contributed by atoms with E-state index >= 15 is 0 Å². The molecule has 4 amide bonds. The third-order valence-corrected chi connectivity index (χ3v) is 10.6. The van der Waals surface area contributed by atoms with Gasteiger partial charge in [-0.3, -0.25) is 19.2 Å². The van der Waals surface area contributed by atoms with Crippen LogP contribution in [0.3, 0.4) is 0 Å². The summed E-state index contributed by atoms with van der Waals surface area (Å²) < 4.78 is 0. The number of nitrogens with zero attached hydrogens (tertiary/aromatic N) is 2. The van der Waals surface area contributed by atoms with Gasteiger partial charge in [0.15, 0.2) is 0 Å². The van der Waals surface area contributed by atoms with Crippen molar-refractivity contribution in [3.8, 4) is 44.5 Å². The zero-order chi connectivity index (χ0) is 41.7. The van der Waals surface area contributed by atoms with Crippen LogP contribution < -0.4 is 22.9 Å². The van der Waals surface area contributed by atoms with Crippen molar-refractivity contribution in [1.82, 2.24) is 19.9 Å². The molecule has 7 aromatic rings. The highest BCUT2D eigenvalue weighted by Gasteiger charge is 2.20. The van der Waals surface area contributed by atoms with Crippen LogP contribution in [0.25, 0.3) is 90.9 Å². The van der Waals surface area contributed by atoms with E-state index < -0.39 is 23.6 Å². The van der Waals surface area contributed by atoms with Gasteiger partial charge in [0.25, 0.3) is 0 Å². The first kappa shape index (κ1) is 37.0. The lowest BCUT2D eigenvalue weighted by Gasteiger charge is -2.08. The summed E-state index contributed by atoms with van der Waals surface area (Å²) in [5, 5.41) is 0. The number of benzene rings is 4. The first-order chi connectivity index (χ1) is 29.0. The molecular formula is C48H34N8O4. The number of nitrogens with one attached hydrogen (secondary N) is 2. The molecule has 9 rings (SSSR count). The Labute approximate surface area is 341 Å². The van der Waals surface area contributed by atoms with Gasteiger partial charge in [0.1, 0.15) is 0 Å². The van der Waals surface area contributed by atoms with Gasteiger partial charge in [-0.25, -0.2) is 9.97 Å². The van der Waals surface area contributed by atoms with Gasteiger partial charge in [0, 0.05) is 66.6 Å². The topological polar surface area (TPSA) is 230 Å². The summed E-state index contributed by atoms with van der Waals surface area (Å²) in [6.45, 7) is 0. The highest BCUT2D eigenvalue weighted by atomic mass is 16.2. The maximum Gasteiger partial charge on any atom is 0.248 e. The molecule has 0 radical (unpaired) electrons. The Morgan fingerprint density at radius 3 is 0.833 bits per heavy atom. The van der Waals surface area contributed by atoms with Crippen LogP contribution in [0, 0.1) is 0 Å². The molecule has 3 aromatic heterocycles. The van der Waals surface area contributed by atoms with Crippen molar-refractivity contribution < 1.29 is 19.2 Å². The predicted molar refractivity (Wildman–Crippen MR) is 235 cm³/mol. The van der Waals surface area contributed by atoms with Crippen LogP contribution in [0.2, 0.25) is 0 Å². The molecule has 4 aromatic carbocycles. The zero-order valence-electron chi connectivity index (χ0n) is 31.7. The zero-order valence-corrected chi connectivity index (χ0v) is 31.7. The average Bonchev–Trinajstić information content (AvgIpc) is 4.10. The minimum atomic E-state index is -0.547. The van der Waals surface area contributed by atoms with E-state index in [2.05, 4.69) is 9.97 Å². The molecule has 8 bridgehead atoms. The van der Waals surface area contributed by atoms with Crippen LogP contribution >= 0.6 is 0 Å². The standard InChI is InChI=1S/C48H34N8O4/c49-45(57)29-9-1-25(2-10-29)41-33-17-19-35(53-33)42(26-3-11-30(12-4-26)46(50)58)37-21-23-39(55-37)44(28-7-15-32(16-8-28)48(52)60)40-24-22-38(56-40)43(36-20-18-34(41)54-36)27-5-13-31(14-6-27)47(51)59/h1-24,53-54H,(H2,49,57)(H2,50,58)(H2,51,59)(H2,52,60). The Kier molecular flexibility index (Phi) is 9.06. The van der Waals surface area contributed by atoms with Crippen molar-refractivity contribution in [1.29, 1.82) is 0 Å². The Hall–Kier alpha value is -8.64. The third kappa shape index (κ3) is 6.69. The van der Waals surface area contributed by atoms with Crippen molar-refractivity contribution in [3.63, 3.8) is 0 Å². The summed E-state index contributed by atoms with van der Waals surface area (Å²) in [5.41, 5.74) is 35.5. The van der Waals surface area contributed by atoms with Crippen LogP contribution in [-0.4, -0.2) is 43.6 Å². The van der Waals surface area contributed by atoms with Gasteiger partial charge in [-0.15, -0.1) is 0 Å². The summed E-state index contributed by atoms with van der Waals surface area (Å²) in [4.78, 5) is 66.0. The van der Waals surface area contributed by atoms with Crippen LogP contribution in [0.15, 0.2) is 121 Å². The van der Waals surface area contributed by atoms with Crippen LogP contribution in [0.5, 0.6) is 0 Å². The minimum Gasteiger partial charge on any atom is -0.366 e. The SMILES string of the molecule is NC(=O)c1ccc(-c2c3nc(c(-c4ccc(C(N)=O)cc4)c4ccc([nH]4)c(-c4ccc(C(N)=O)cc4)c4ccc([nH]4)c(-c4ccc(C(N)=O)cc4)c4nc2C=C4)C=C3)cc1. The number of H-pyrrole nitrogens is 2. The molecule has 10 N–H and O–H groups in total. The average molecular weight is 787 g/mol. The monoisotopic (exact) mass is 786 g/mol. The summed E-state index contributed by atoms with van der Waals surface area (Å²) in [7, 11) is 0. The number of hydrogen-bond acceptors (Lipinski definition) is 6. The molecule has 0 atom stereocenters. The summed E-state index contributed by atoms with van der Waals surface area (Å²) in [5.74, 6) is -2.17. The Morgan fingerprint density at radius 2 is 0.550 bits per heavy atom. The number of aromatic amines is 2. The fraction of sp³-hybridized carbons (Fsp3) is 0. The number of nitrogens with two attached hydrogens (primary N) is 4. The van der Waals surface area contributed by atoms with Gasteiger partial charge in [0.05, 0.1) is 22.8 Å². The van der Waals surface area contributed by atoms with Crippen molar-refractivity contribution in [2.45, 2.75) is 0 Å². The van der Waals surface area contributed by atoms with Gasteiger partial charge in [-0.1, -0.05) is 48.5 Å². The first-order valence-corrected chi connectivity index (χ1v) is 18.8. The van der Waals surface area contributed by atoms with Gasteiger partial charge < -0.3 is 32.9 Å². The molecule has 0 spiro atoms. The number of aromatic nitrogens is 4. The molecule has 2 aliphatic heterocycles. The second kappa shape index (κ2) is 14.7. The Balaban J connectivity index is 1.43. The number of rotatable bonds is 8. The largest absolute Gasteiger partial charge is 0.366 e. The molecule has 0 saturated heterocycles. The van der Waals surface area contributed by atoms with Crippen LogP contribution in [0.1, 0.15) is 64.2 Å². The number of carbonyl (C=O) groups is 4. The normalized spacial score (nSPS) is 11.7. The number of hydrogen-bond donors (Lipinski definition) is 6. The van der Waals surface area contributed by atoms with Gasteiger partial charge >= 0.3 is 0 Å². The number of carbonyl (C=O) groups excluding carboxylic acids is 4. The lowest BCUT2D eigenvalue weighted by atomic mass is 10.0. The smallest absolute Gasteiger partial charge is 0.248 e. The molecule has 290 valence electrons. The number of fused-ring (bicyclic) bond motifs is 8. The van der Waals surface area contributed by atoms with Gasteiger partial charge in [0.2, 0.25) is 23.6 Å². The second-order valence-electron chi connectivity index (χ2n) is 14.3. The molecule has 5 heterocycles. The molecular weight excluding hydrogens is 753 g/mol. The molecule has 12 heteroatoms. The van der Waals surface area contributed by atoms with E-state index in [-0.39, 0.29) is 0 Å². The van der Waals surface area contributed by atoms with Crippen LogP contribution in [0.4, 0.5) is 0 Å². The molecule has 2 aliphatic rings. The van der Waals surface area contributed by atoms with Crippen molar-refractivity contribution >= 4 is 70.0 Å². The lowest BCUT2D eigenvalue weighted by molar-refractivity contribution is 0.0992. The van der Waals surface area contributed by atoms with Crippen molar-refractivity contribution in [3.05, 3.63) is 166 Å². The molecule has 12 nitrogen and oxygen atoms in total. The number of primary amides is 4. The lowest BCUT2D eigenvalue weighted by Crippen LogP contribution is -2.10. The van der Waals surface area contributed by atoms with Crippen molar-refractivity contribution in [2.24, 2.45) is 22.9 Å². The quantitative estimate of drug-likeness (QED) is 0.0902. The maximum atomic E-state index is 12.1. The van der Waals surface area contributed by atoms with Crippen molar-refractivity contribution in [2.75, 3.05) is 0 Å². The summed E-state index contributed by atoms with van der Waals surface area (Å²) in [6.07, 6.45) is 7.69. The highest BCUT2D eigenvalue weighted by molar-refractivity contribution is 6.02. The first-order valence-electron chi connectivity index (χ1n) is 18.8. The van der Waals surface area contributed by atoms with E-state index in [0.717, 1.165) is 61.0 Å². The molecule has 0 fully saturated rings. The molecule has 60 heavy (non-hydrogen) atoms. The van der Waals surface area contributed by atoms with Crippen LogP contribution in [-0.2, 0) is 0 Å². The maximum absolute atomic E-state index is 12.1. The van der Waals surface area contributed by atoms with E-state index in [1.807, 2.05) is 97.1 Å². The van der Waals surface area contributed by atoms with E-state index in [0.29, 0.717) is 50.6 Å². The Bertz CT molecular complexity index is 3020. The second-order valence-corrected chi connectivity index (χ2v) is 14.3. The summed E-state index contributed by atoms with van der Waals surface area (Å²) >= 11 is 0. The van der Waals surface area contributed by atoms with E-state index in [9.17, 15) is 19.2 Å². The molecule has 0 unspecified atom stereocenters. The number of amides is 4. The summed E-state index contributed by atoms with van der Waals surface area (Å²) in [6, 6.07) is 36.0. The van der Waals surface area contributed by atoms with E-state index in [4.69, 9.17) is 32.9 Å². The van der Waals surface area contributed by atoms with E-state index in [1.54, 1.807) is 48.5 Å². The predicted octanol–water partition coefficient (Wildman–Crippen LogP) is 7.72. The molecule has 0 aliphatic carbocycles. The fourth-order valence-corrected chi connectivity index (χ4v) is 7.63. The van der Waals surface area contributed by atoms with Gasteiger partial charge in [-0.05, 0) is 119 Å². The third-order valence-electron chi connectivity index (χ3n) is 10.6. The van der Waals surface area contributed by atoms with Gasteiger partial charge in [-0.2, -0.15) is 0 Å². The molecule has 0 saturated carbocycles.